The average molecular weight is 543 g/mol. The van der Waals surface area contributed by atoms with Crippen LogP contribution in [-0.4, -0.2) is 90.2 Å². The summed E-state index contributed by atoms with van der Waals surface area (Å²) >= 11 is 1.81. The maximum atomic E-state index is 12.5. The zero-order valence-corrected chi connectivity index (χ0v) is 20.5. The van der Waals surface area contributed by atoms with Crippen molar-refractivity contribution in [1.29, 1.82) is 0 Å². The second-order valence-electron chi connectivity index (χ2n) is 7.09. The highest BCUT2D eigenvalue weighted by atomic mass is 127. The van der Waals surface area contributed by atoms with Crippen molar-refractivity contribution in [2.24, 2.45) is 10.9 Å². The van der Waals surface area contributed by atoms with Gasteiger partial charge in [0.05, 0.1) is 18.1 Å². The summed E-state index contributed by atoms with van der Waals surface area (Å²) in [6.07, 6.45) is 6.74. The molecule has 11 heteroatoms. The highest BCUT2D eigenvalue weighted by molar-refractivity contribution is 14.0. The summed E-state index contributed by atoms with van der Waals surface area (Å²) in [7, 11) is -1.45. The van der Waals surface area contributed by atoms with E-state index < -0.39 is 10.0 Å². The van der Waals surface area contributed by atoms with Crippen molar-refractivity contribution < 1.29 is 8.42 Å². The van der Waals surface area contributed by atoms with Gasteiger partial charge in [-0.15, -0.1) is 24.0 Å². The monoisotopic (exact) mass is 542 g/mol. The molecule has 2 aliphatic heterocycles. The van der Waals surface area contributed by atoms with Crippen LogP contribution in [0.25, 0.3) is 0 Å². The van der Waals surface area contributed by atoms with E-state index in [0.29, 0.717) is 31.6 Å². The number of thioether (sulfide) groups is 1. The molecule has 2 atom stereocenters. The number of imidazole rings is 1. The van der Waals surface area contributed by atoms with Crippen molar-refractivity contribution in [1.82, 2.24) is 24.1 Å². The Balaban J connectivity index is 0.00000280. The lowest BCUT2D eigenvalue weighted by molar-refractivity contribution is 0.189. The SMILES string of the molecule is CN=C(NCCS(=O)(=O)N1CCSCC1)N1CCC(C)C(n2ccnc2)C1.I. The van der Waals surface area contributed by atoms with Crippen molar-refractivity contribution in [2.75, 3.05) is 57.0 Å². The number of guanidine groups is 1. The molecule has 2 unspecified atom stereocenters. The quantitative estimate of drug-likeness (QED) is 0.344. The number of aliphatic imine (C=N–C) groups is 1. The Hall–Kier alpha value is -0.530. The van der Waals surface area contributed by atoms with Gasteiger partial charge in [0, 0.05) is 63.7 Å². The first kappa shape index (κ1) is 23.7. The van der Waals surface area contributed by atoms with Crippen molar-refractivity contribution in [3.05, 3.63) is 18.7 Å². The standard InChI is InChI=1S/C17H30N6O2S2.HI/c1-15-3-6-21(13-16(15)22-7-4-19-14-22)17(18-2)20-5-12-27(24,25)23-8-10-26-11-9-23;/h4,7,14-16H,3,5-6,8-13H2,1-2H3,(H,18,20);1H. The van der Waals surface area contributed by atoms with Gasteiger partial charge < -0.3 is 14.8 Å². The van der Waals surface area contributed by atoms with Gasteiger partial charge in [0.1, 0.15) is 0 Å². The second-order valence-corrected chi connectivity index (χ2v) is 10.4. The lowest BCUT2D eigenvalue weighted by atomic mass is 9.93. The van der Waals surface area contributed by atoms with Crippen LogP contribution < -0.4 is 5.32 Å². The van der Waals surface area contributed by atoms with Gasteiger partial charge in [0.2, 0.25) is 10.0 Å². The summed E-state index contributed by atoms with van der Waals surface area (Å²) in [5.74, 6) is 3.21. The first-order valence-corrected chi connectivity index (χ1v) is 12.3. The maximum Gasteiger partial charge on any atom is 0.215 e. The predicted octanol–water partition coefficient (Wildman–Crippen LogP) is 1.34. The van der Waals surface area contributed by atoms with E-state index in [2.05, 4.69) is 31.7 Å². The molecule has 2 aliphatic rings. The number of halogens is 1. The van der Waals surface area contributed by atoms with Gasteiger partial charge in [-0.3, -0.25) is 4.99 Å². The molecule has 0 radical (unpaired) electrons. The molecule has 0 bridgehead atoms. The fourth-order valence-electron chi connectivity index (χ4n) is 3.67. The molecule has 2 fully saturated rings. The van der Waals surface area contributed by atoms with Crippen LogP contribution in [0.5, 0.6) is 0 Å². The van der Waals surface area contributed by atoms with E-state index in [1.807, 2.05) is 30.5 Å². The summed E-state index contributed by atoms with van der Waals surface area (Å²) in [6, 6.07) is 0.342. The molecule has 2 saturated heterocycles. The van der Waals surface area contributed by atoms with Crippen LogP contribution in [0.4, 0.5) is 0 Å². The van der Waals surface area contributed by atoms with Crippen LogP contribution in [0.15, 0.2) is 23.7 Å². The first-order chi connectivity index (χ1) is 13.0. The fourth-order valence-corrected chi connectivity index (χ4v) is 6.16. The van der Waals surface area contributed by atoms with E-state index in [-0.39, 0.29) is 29.7 Å². The molecule has 1 aromatic heterocycles. The molecule has 0 aromatic carbocycles. The summed E-state index contributed by atoms with van der Waals surface area (Å²) in [5.41, 5.74) is 0. The Morgan fingerprint density at radius 1 is 1.32 bits per heavy atom. The minimum absolute atomic E-state index is 0. The summed E-state index contributed by atoms with van der Waals surface area (Å²) in [4.78, 5) is 10.8. The van der Waals surface area contributed by atoms with E-state index in [1.165, 1.54) is 0 Å². The molecule has 28 heavy (non-hydrogen) atoms. The van der Waals surface area contributed by atoms with Gasteiger partial charge in [-0.2, -0.15) is 11.8 Å². The van der Waals surface area contributed by atoms with Crippen LogP contribution in [0.1, 0.15) is 19.4 Å². The molecule has 1 N–H and O–H groups in total. The molecule has 0 amide bonds. The number of hydrogen-bond acceptors (Lipinski definition) is 5. The zero-order valence-electron chi connectivity index (χ0n) is 16.5. The maximum absolute atomic E-state index is 12.5. The molecule has 8 nitrogen and oxygen atoms in total. The number of sulfonamides is 1. The highest BCUT2D eigenvalue weighted by Gasteiger charge is 2.29. The van der Waals surface area contributed by atoms with E-state index in [4.69, 9.17) is 0 Å². The largest absolute Gasteiger partial charge is 0.355 e. The van der Waals surface area contributed by atoms with Crippen LogP contribution in [-0.2, 0) is 10.0 Å². The van der Waals surface area contributed by atoms with Gasteiger partial charge in [-0.1, -0.05) is 6.92 Å². The molecule has 0 saturated carbocycles. The first-order valence-electron chi connectivity index (χ1n) is 9.50. The van der Waals surface area contributed by atoms with Crippen molar-refractivity contribution in [2.45, 2.75) is 19.4 Å². The molecule has 1 aromatic rings. The summed E-state index contributed by atoms with van der Waals surface area (Å²) < 4.78 is 28.8. The van der Waals surface area contributed by atoms with Crippen molar-refractivity contribution in [3.63, 3.8) is 0 Å². The number of nitrogens with one attached hydrogen (secondary N) is 1. The average Bonchev–Trinajstić information content (AvgIpc) is 3.21. The molecular weight excluding hydrogens is 511 g/mol. The number of hydrogen-bond donors (Lipinski definition) is 1. The molecule has 0 spiro atoms. The van der Waals surface area contributed by atoms with Gasteiger partial charge in [-0.05, 0) is 12.3 Å². The van der Waals surface area contributed by atoms with E-state index >= 15 is 0 Å². The Morgan fingerprint density at radius 3 is 2.71 bits per heavy atom. The molecule has 3 rings (SSSR count). The predicted molar refractivity (Wildman–Crippen MR) is 126 cm³/mol. The van der Waals surface area contributed by atoms with Crippen LogP contribution in [0.2, 0.25) is 0 Å². The third-order valence-corrected chi connectivity index (χ3v) is 8.16. The number of aromatic nitrogens is 2. The Kier molecular flexibility index (Phi) is 9.35. The normalized spacial score (nSPS) is 24.6. The van der Waals surface area contributed by atoms with Crippen LogP contribution >= 0.6 is 35.7 Å². The van der Waals surface area contributed by atoms with E-state index in [0.717, 1.165) is 37.0 Å². The second kappa shape index (κ2) is 11.0. The number of piperidine rings is 1. The molecule has 0 aliphatic carbocycles. The smallest absolute Gasteiger partial charge is 0.215 e. The van der Waals surface area contributed by atoms with Crippen molar-refractivity contribution >= 4 is 51.7 Å². The summed E-state index contributed by atoms with van der Waals surface area (Å²) in [5, 5.41) is 3.26. The number of nitrogens with zero attached hydrogens (tertiary/aromatic N) is 5. The van der Waals surface area contributed by atoms with Gasteiger partial charge in [0.25, 0.3) is 0 Å². The lowest BCUT2D eigenvalue weighted by Gasteiger charge is -2.39. The minimum atomic E-state index is -3.20. The summed E-state index contributed by atoms with van der Waals surface area (Å²) in [6.45, 7) is 5.65. The van der Waals surface area contributed by atoms with E-state index in [1.54, 1.807) is 11.4 Å². The van der Waals surface area contributed by atoms with E-state index in [9.17, 15) is 8.42 Å². The van der Waals surface area contributed by atoms with Crippen molar-refractivity contribution in [3.8, 4) is 0 Å². The third-order valence-electron chi connectivity index (χ3n) is 5.34. The van der Waals surface area contributed by atoms with Crippen LogP contribution in [0, 0.1) is 5.92 Å². The molecular formula is C17H31IN6O2S2. The van der Waals surface area contributed by atoms with Gasteiger partial charge >= 0.3 is 0 Å². The fraction of sp³-hybridized carbons (Fsp3) is 0.765. The highest BCUT2D eigenvalue weighted by Crippen LogP contribution is 2.27. The number of likely N-dealkylation sites (tertiary alicyclic amines) is 1. The van der Waals surface area contributed by atoms with Crippen LogP contribution in [0.3, 0.4) is 0 Å². The number of rotatable bonds is 5. The Labute approximate surface area is 189 Å². The third kappa shape index (κ3) is 5.99. The lowest BCUT2D eigenvalue weighted by Crippen LogP contribution is -2.50. The minimum Gasteiger partial charge on any atom is -0.355 e. The molecule has 160 valence electrons. The topological polar surface area (TPSA) is 82.8 Å². The zero-order chi connectivity index (χ0) is 19.3. The van der Waals surface area contributed by atoms with Gasteiger partial charge in [0.15, 0.2) is 5.96 Å². The molecule has 3 heterocycles. The van der Waals surface area contributed by atoms with Gasteiger partial charge in [-0.25, -0.2) is 17.7 Å². The Morgan fingerprint density at radius 2 is 2.07 bits per heavy atom. The Bertz CT molecular complexity index is 722.